The lowest BCUT2D eigenvalue weighted by atomic mass is 10.3. The molecule has 0 aromatic carbocycles. The Bertz CT molecular complexity index is 322. The van der Waals surface area contributed by atoms with E-state index in [1.807, 2.05) is 0 Å². The van der Waals surface area contributed by atoms with E-state index in [0.29, 0.717) is 25.1 Å². The first-order valence-corrected chi connectivity index (χ1v) is 5.02. The Morgan fingerprint density at radius 3 is 2.92 bits per heavy atom. The standard InChI is InChI=1S/C8H10F2N2S/c9-8(10)3-1-5-7(8)13-6(12-5)2-4-11/h1-4,11H2. The van der Waals surface area contributed by atoms with E-state index >= 15 is 0 Å². The van der Waals surface area contributed by atoms with Crippen molar-refractivity contribution in [1.82, 2.24) is 4.98 Å². The van der Waals surface area contributed by atoms with Crippen molar-refractivity contribution < 1.29 is 8.78 Å². The Morgan fingerprint density at radius 2 is 2.31 bits per heavy atom. The number of nitrogens with two attached hydrogens (primary N) is 1. The number of alkyl halides is 2. The van der Waals surface area contributed by atoms with E-state index in [1.165, 1.54) is 0 Å². The van der Waals surface area contributed by atoms with Gasteiger partial charge in [-0.1, -0.05) is 0 Å². The van der Waals surface area contributed by atoms with Crippen molar-refractivity contribution in [2.45, 2.75) is 25.2 Å². The SMILES string of the molecule is NCCc1nc2c(s1)C(F)(F)CC2. The smallest absolute Gasteiger partial charge is 0.284 e. The molecule has 0 atom stereocenters. The number of thiazole rings is 1. The van der Waals surface area contributed by atoms with Crippen LogP contribution in [0.25, 0.3) is 0 Å². The zero-order valence-electron chi connectivity index (χ0n) is 7.02. The van der Waals surface area contributed by atoms with Gasteiger partial charge in [0.2, 0.25) is 0 Å². The van der Waals surface area contributed by atoms with Gasteiger partial charge in [-0.2, -0.15) is 0 Å². The van der Waals surface area contributed by atoms with Gasteiger partial charge in [0.15, 0.2) is 0 Å². The molecule has 0 radical (unpaired) electrons. The Morgan fingerprint density at radius 1 is 1.54 bits per heavy atom. The maximum absolute atomic E-state index is 13.1. The van der Waals surface area contributed by atoms with Crippen molar-refractivity contribution in [2.75, 3.05) is 6.54 Å². The maximum Gasteiger partial charge on any atom is 0.284 e. The predicted molar refractivity (Wildman–Crippen MR) is 47.1 cm³/mol. The van der Waals surface area contributed by atoms with Crippen LogP contribution < -0.4 is 5.73 Å². The fraction of sp³-hybridized carbons (Fsp3) is 0.625. The van der Waals surface area contributed by atoms with Crippen molar-refractivity contribution >= 4 is 11.3 Å². The molecule has 1 aliphatic rings. The third kappa shape index (κ3) is 1.46. The highest BCUT2D eigenvalue weighted by molar-refractivity contribution is 7.11. The number of aromatic nitrogens is 1. The highest BCUT2D eigenvalue weighted by atomic mass is 32.1. The zero-order chi connectivity index (χ0) is 9.47. The summed E-state index contributed by atoms with van der Waals surface area (Å²) in [6.07, 6.45) is 0.932. The summed E-state index contributed by atoms with van der Waals surface area (Å²) in [5.74, 6) is -2.64. The second-order valence-corrected chi connectivity index (χ2v) is 4.21. The van der Waals surface area contributed by atoms with Crippen LogP contribution in [0.1, 0.15) is 22.0 Å². The highest BCUT2D eigenvalue weighted by Gasteiger charge is 2.42. The zero-order valence-corrected chi connectivity index (χ0v) is 7.83. The van der Waals surface area contributed by atoms with E-state index < -0.39 is 5.92 Å². The van der Waals surface area contributed by atoms with Gasteiger partial charge in [0.05, 0.1) is 15.6 Å². The van der Waals surface area contributed by atoms with Gasteiger partial charge >= 0.3 is 0 Å². The number of nitrogens with zero attached hydrogens (tertiary/aromatic N) is 1. The lowest BCUT2D eigenvalue weighted by Gasteiger charge is -2.05. The van der Waals surface area contributed by atoms with Crippen molar-refractivity contribution in [2.24, 2.45) is 5.73 Å². The minimum Gasteiger partial charge on any atom is -0.330 e. The molecule has 72 valence electrons. The van der Waals surface area contributed by atoms with Gasteiger partial charge in [-0.15, -0.1) is 11.3 Å². The summed E-state index contributed by atoms with van der Waals surface area (Å²) >= 11 is 1.11. The fourth-order valence-electron chi connectivity index (χ4n) is 1.48. The molecule has 13 heavy (non-hydrogen) atoms. The molecule has 0 saturated heterocycles. The fourth-order valence-corrected chi connectivity index (χ4v) is 2.60. The van der Waals surface area contributed by atoms with Crippen molar-refractivity contribution in [3.05, 3.63) is 15.6 Å². The largest absolute Gasteiger partial charge is 0.330 e. The average molecular weight is 204 g/mol. The molecular formula is C8H10F2N2S. The van der Waals surface area contributed by atoms with Crippen LogP contribution in [0.5, 0.6) is 0 Å². The lowest BCUT2D eigenvalue weighted by molar-refractivity contribution is 0.00159. The van der Waals surface area contributed by atoms with E-state index in [4.69, 9.17) is 5.73 Å². The number of aryl methyl sites for hydroxylation is 1. The van der Waals surface area contributed by atoms with E-state index in [0.717, 1.165) is 16.3 Å². The topological polar surface area (TPSA) is 38.9 Å². The normalized spacial score (nSPS) is 19.0. The first-order valence-electron chi connectivity index (χ1n) is 4.20. The predicted octanol–water partition coefficient (Wildman–Crippen LogP) is 1.68. The van der Waals surface area contributed by atoms with Crippen molar-refractivity contribution in [3.63, 3.8) is 0 Å². The summed E-state index contributed by atoms with van der Waals surface area (Å²) < 4.78 is 26.3. The summed E-state index contributed by atoms with van der Waals surface area (Å²) in [6.45, 7) is 0.470. The molecule has 1 aliphatic carbocycles. The highest BCUT2D eigenvalue weighted by Crippen LogP contribution is 2.44. The number of hydrogen-bond donors (Lipinski definition) is 1. The van der Waals surface area contributed by atoms with E-state index in [2.05, 4.69) is 4.98 Å². The molecule has 0 amide bonds. The summed E-state index contributed by atoms with van der Waals surface area (Å²) in [5.41, 5.74) is 5.91. The van der Waals surface area contributed by atoms with E-state index in [1.54, 1.807) is 0 Å². The molecule has 0 spiro atoms. The first-order chi connectivity index (χ1) is 6.13. The third-order valence-corrected chi connectivity index (χ3v) is 3.38. The van der Waals surface area contributed by atoms with Crippen molar-refractivity contribution in [1.29, 1.82) is 0 Å². The van der Waals surface area contributed by atoms with Crippen LogP contribution in [0.4, 0.5) is 8.78 Å². The number of halogens is 2. The molecule has 0 fully saturated rings. The van der Waals surface area contributed by atoms with Gasteiger partial charge in [-0.3, -0.25) is 0 Å². The second kappa shape index (κ2) is 2.99. The Labute approximate surface area is 78.8 Å². The molecule has 5 heteroatoms. The Balaban J connectivity index is 2.31. The van der Waals surface area contributed by atoms with Crippen molar-refractivity contribution in [3.8, 4) is 0 Å². The average Bonchev–Trinajstić information content (AvgIpc) is 2.55. The molecule has 0 aliphatic heterocycles. The van der Waals surface area contributed by atoms with E-state index in [-0.39, 0.29) is 11.3 Å². The van der Waals surface area contributed by atoms with Gasteiger partial charge in [0, 0.05) is 12.8 Å². The summed E-state index contributed by atoms with van der Waals surface area (Å²) in [5, 5.41) is 0.742. The summed E-state index contributed by atoms with van der Waals surface area (Å²) in [7, 11) is 0. The molecular weight excluding hydrogens is 194 g/mol. The number of fused-ring (bicyclic) bond motifs is 1. The molecule has 1 heterocycles. The lowest BCUT2D eigenvalue weighted by Crippen LogP contribution is -2.05. The monoisotopic (exact) mass is 204 g/mol. The molecule has 0 unspecified atom stereocenters. The molecule has 1 aromatic heterocycles. The minimum absolute atomic E-state index is 0.0793. The maximum atomic E-state index is 13.1. The van der Waals surface area contributed by atoms with E-state index in [9.17, 15) is 8.78 Å². The molecule has 2 N–H and O–H groups in total. The van der Waals surface area contributed by atoms with Gasteiger partial charge in [-0.05, 0) is 13.0 Å². The molecule has 0 bridgehead atoms. The van der Waals surface area contributed by atoms with Crippen LogP contribution in [-0.2, 0) is 18.8 Å². The van der Waals surface area contributed by atoms with Crippen LogP contribution in [0.2, 0.25) is 0 Å². The minimum atomic E-state index is -2.64. The Hall–Kier alpha value is -0.550. The Kier molecular flexibility index (Phi) is 2.08. The van der Waals surface area contributed by atoms with Crippen LogP contribution >= 0.6 is 11.3 Å². The van der Waals surface area contributed by atoms with Gasteiger partial charge in [0.1, 0.15) is 0 Å². The van der Waals surface area contributed by atoms with Crippen LogP contribution in [0.3, 0.4) is 0 Å². The van der Waals surface area contributed by atoms with Gasteiger partial charge < -0.3 is 5.73 Å². The summed E-state index contributed by atoms with van der Waals surface area (Å²) in [6, 6.07) is 0. The quantitative estimate of drug-likeness (QED) is 0.796. The third-order valence-electron chi connectivity index (χ3n) is 2.11. The molecule has 2 rings (SSSR count). The molecule has 2 nitrogen and oxygen atoms in total. The summed E-state index contributed by atoms with van der Waals surface area (Å²) in [4.78, 5) is 4.30. The van der Waals surface area contributed by atoms with Gasteiger partial charge in [-0.25, -0.2) is 13.8 Å². The molecule has 1 aromatic rings. The first kappa shape index (κ1) is 9.02. The van der Waals surface area contributed by atoms with Crippen LogP contribution in [0, 0.1) is 0 Å². The number of hydrogen-bond acceptors (Lipinski definition) is 3. The number of rotatable bonds is 2. The second-order valence-electron chi connectivity index (χ2n) is 3.13. The van der Waals surface area contributed by atoms with Crippen LogP contribution in [-0.4, -0.2) is 11.5 Å². The van der Waals surface area contributed by atoms with Crippen LogP contribution in [0.15, 0.2) is 0 Å². The van der Waals surface area contributed by atoms with Gasteiger partial charge in [0.25, 0.3) is 5.92 Å². The molecule has 0 saturated carbocycles.